The highest BCUT2D eigenvalue weighted by Crippen LogP contribution is 2.36. The van der Waals surface area contributed by atoms with Crippen LogP contribution in [-0.4, -0.2) is 22.6 Å². The largest absolute Gasteiger partial charge is 0.416 e. The minimum Gasteiger partial charge on any atom is -0.389 e. The Morgan fingerprint density at radius 1 is 1.37 bits per heavy atom. The standard InChI is InChI=1S/C12H10F3NO3/c13-12(14,15)9-5-7(6-17)1-2-8(9)11(19)10(18)3-4-16/h1-2,5-6,10-11,18-19H,3H2. The van der Waals surface area contributed by atoms with Crippen molar-refractivity contribution < 1.29 is 28.2 Å². The lowest BCUT2D eigenvalue weighted by Gasteiger charge is -2.20. The molecule has 0 aromatic heterocycles. The summed E-state index contributed by atoms with van der Waals surface area (Å²) in [6.45, 7) is 0. The first kappa shape index (κ1) is 15.1. The molecule has 0 radical (unpaired) electrons. The number of aldehydes is 1. The van der Waals surface area contributed by atoms with Gasteiger partial charge in [-0.25, -0.2) is 0 Å². The Labute approximate surface area is 106 Å². The predicted molar refractivity (Wildman–Crippen MR) is 58.0 cm³/mol. The van der Waals surface area contributed by atoms with Gasteiger partial charge in [-0.15, -0.1) is 0 Å². The van der Waals surface area contributed by atoms with Crippen molar-refractivity contribution >= 4 is 6.29 Å². The SMILES string of the molecule is N#CCC(O)C(O)c1ccc(C=O)cc1C(F)(F)F. The third-order valence-electron chi connectivity index (χ3n) is 2.50. The van der Waals surface area contributed by atoms with E-state index in [1.807, 2.05) is 0 Å². The van der Waals surface area contributed by atoms with Gasteiger partial charge >= 0.3 is 6.18 Å². The molecule has 1 rings (SSSR count). The average Bonchev–Trinajstić information content (AvgIpc) is 2.36. The van der Waals surface area contributed by atoms with Crippen molar-refractivity contribution in [3.05, 3.63) is 34.9 Å². The molecule has 2 unspecified atom stereocenters. The zero-order valence-electron chi connectivity index (χ0n) is 9.55. The second-order valence-electron chi connectivity index (χ2n) is 3.84. The molecular formula is C12H10F3NO3. The fraction of sp³-hybridized carbons (Fsp3) is 0.333. The number of halogens is 3. The molecule has 1 aromatic carbocycles. The summed E-state index contributed by atoms with van der Waals surface area (Å²) < 4.78 is 38.4. The van der Waals surface area contributed by atoms with Gasteiger partial charge < -0.3 is 10.2 Å². The molecule has 2 atom stereocenters. The number of nitrogens with zero attached hydrogens (tertiary/aromatic N) is 1. The summed E-state index contributed by atoms with van der Waals surface area (Å²) in [7, 11) is 0. The monoisotopic (exact) mass is 273 g/mol. The molecule has 1 aromatic rings. The lowest BCUT2D eigenvalue weighted by molar-refractivity contribution is -0.139. The molecule has 102 valence electrons. The molecule has 0 aliphatic rings. The lowest BCUT2D eigenvalue weighted by atomic mass is 9.95. The van der Waals surface area contributed by atoms with Crippen LogP contribution in [-0.2, 0) is 6.18 Å². The number of benzene rings is 1. The van der Waals surface area contributed by atoms with E-state index in [-0.39, 0.29) is 11.8 Å². The van der Waals surface area contributed by atoms with Crippen LogP contribution in [0.25, 0.3) is 0 Å². The first-order valence-electron chi connectivity index (χ1n) is 5.20. The molecule has 0 aliphatic heterocycles. The van der Waals surface area contributed by atoms with Crippen molar-refractivity contribution in [3.8, 4) is 6.07 Å². The fourth-order valence-corrected chi connectivity index (χ4v) is 1.56. The van der Waals surface area contributed by atoms with E-state index in [2.05, 4.69) is 0 Å². The van der Waals surface area contributed by atoms with Gasteiger partial charge in [0.2, 0.25) is 0 Å². The van der Waals surface area contributed by atoms with Gasteiger partial charge in [-0.05, 0) is 11.6 Å². The maximum Gasteiger partial charge on any atom is 0.416 e. The van der Waals surface area contributed by atoms with Crippen LogP contribution in [0.2, 0.25) is 0 Å². The van der Waals surface area contributed by atoms with E-state index < -0.39 is 35.9 Å². The number of carbonyl (C=O) groups is 1. The molecule has 0 heterocycles. The molecule has 2 N–H and O–H groups in total. The van der Waals surface area contributed by atoms with Crippen LogP contribution in [0.4, 0.5) is 13.2 Å². The van der Waals surface area contributed by atoms with E-state index in [1.54, 1.807) is 6.07 Å². The number of alkyl halides is 3. The number of aliphatic hydroxyl groups excluding tert-OH is 2. The first-order valence-corrected chi connectivity index (χ1v) is 5.20. The van der Waals surface area contributed by atoms with Crippen LogP contribution < -0.4 is 0 Å². The van der Waals surface area contributed by atoms with E-state index in [9.17, 15) is 28.2 Å². The van der Waals surface area contributed by atoms with Gasteiger partial charge in [-0.2, -0.15) is 18.4 Å². The van der Waals surface area contributed by atoms with Crippen LogP contribution >= 0.6 is 0 Å². The Kier molecular flexibility index (Phi) is 4.64. The van der Waals surface area contributed by atoms with E-state index >= 15 is 0 Å². The van der Waals surface area contributed by atoms with Gasteiger partial charge in [0.15, 0.2) is 0 Å². The second kappa shape index (κ2) is 5.82. The van der Waals surface area contributed by atoms with Crippen LogP contribution in [0.1, 0.15) is 34.0 Å². The maximum atomic E-state index is 12.8. The Bertz CT molecular complexity index is 508. The van der Waals surface area contributed by atoms with E-state index in [0.29, 0.717) is 6.07 Å². The van der Waals surface area contributed by atoms with Crippen molar-refractivity contribution in [2.45, 2.75) is 24.8 Å². The third-order valence-corrected chi connectivity index (χ3v) is 2.50. The van der Waals surface area contributed by atoms with E-state index in [0.717, 1.165) is 12.1 Å². The highest BCUT2D eigenvalue weighted by molar-refractivity contribution is 5.75. The Morgan fingerprint density at radius 3 is 2.47 bits per heavy atom. The first-order chi connectivity index (χ1) is 8.81. The predicted octanol–water partition coefficient (Wildman–Crippen LogP) is 1.83. The quantitative estimate of drug-likeness (QED) is 0.820. The van der Waals surface area contributed by atoms with E-state index in [1.165, 1.54) is 0 Å². The minimum absolute atomic E-state index is 0.196. The van der Waals surface area contributed by atoms with Crippen molar-refractivity contribution in [1.29, 1.82) is 5.26 Å². The molecule has 7 heteroatoms. The lowest BCUT2D eigenvalue weighted by Crippen LogP contribution is -2.21. The highest BCUT2D eigenvalue weighted by atomic mass is 19.4. The van der Waals surface area contributed by atoms with Crippen molar-refractivity contribution in [2.24, 2.45) is 0 Å². The van der Waals surface area contributed by atoms with Crippen molar-refractivity contribution in [2.75, 3.05) is 0 Å². The average molecular weight is 273 g/mol. The molecule has 4 nitrogen and oxygen atoms in total. The second-order valence-corrected chi connectivity index (χ2v) is 3.84. The van der Waals surface area contributed by atoms with Gasteiger partial charge in [-0.3, -0.25) is 4.79 Å². The van der Waals surface area contributed by atoms with E-state index in [4.69, 9.17) is 5.26 Å². The summed E-state index contributed by atoms with van der Waals surface area (Å²) in [5.41, 5.74) is -1.97. The van der Waals surface area contributed by atoms with Crippen LogP contribution in [0.3, 0.4) is 0 Å². The molecule has 0 amide bonds. The third kappa shape index (κ3) is 3.53. The number of hydrogen-bond donors (Lipinski definition) is 2. The van der Waals surface area contributed by atoms with Gasteiger partial charge in [0, 0.05) is 5.56 Å². The number of hydrogen-bond acceptors (Lipinski definition) is 4. The molecule has 19 heavy (non-hydrogen) atoms. The molecule has 0 fully saturated rings. The van der Waals surface area contributed by atoms with Gasteiger partial charge in [0.05, 0.1) is 24.2 Å². The number of carbonyl (C=O) groups excluding carboxylic acids is 1. The van der Waals surface area contributed by atoms with Gasteiger partial charge in [-0.1, -0.05) is 12.1 Å². The molecule has 0 saturated heterocycles. The summed E-state index contributed by atoms with van der Waals surface area (Å²) in [4.78, 5) is 10.5. The topological polar surface area (TPSA) is 81.3 Å². The summed E-state index contributed by atoms with van der Waals surface area (Å²) in [6.07, 6.45) is -8.52. The summed E-state index contributed by atoms with van der Waals surface area (Å²) >= 11 is 0. The molecular weight excluding hydrogens is 263 g/mol. The number of rotatable bonds is 4. The summed E-state index contributed by atoms with van der Waals surface area (Å²) in [5.74, 6) is 0. The Balaban J connectivity index is 3.27. The summed E-state index contributed by atoms with van der Waals surface area (Å²) in [5, 5.41) is 27.4. The summed E-state index contributed by atoms with van der Waals surface area (Å²) in [6, 6.07) is 4.15. The normalized spacial score (nSPS) is 14.5. The number of nitriles is 1. The fourth-order valence-electron chi connectivity index (χ4n) is 1.56. The van der Waals surface area contributed by atoms with Crippen LogP contribution in [0, 0.1) is 11.3 Å². The van der Waals surface area contributed by atoms with Crippen molar-refractivity contribution in [1.82, 2.24) is 0 Å². The van der Waals surface area contributed by atoms with Crippen LogP contribution in [0.5, 0.6) is 0 Å². The molecule has 0 bridgehead atoms. The molecule has 0 spiro atoms. The smallest absolute Gasteiger partial charge is 0.389 e. The van der Waals surface area contributed by atoms with Gasteiger partial charge in [0.25, 0.3) is 0 Å². The zero-order valence-corrected chi connectivity index (χ0v) is 9.55. The highest BCUT2D eigenvalue weighted by Gasteiger charge is 2.36. The molecule has 0 aliphatic carbocycles. The number of aliphatic hydroxyl groups is 2. The zero-order chi connectivity index (χ0) is 14.6. The van der Waals surface area contributed by atoms with Crippen molar-refractivity contribution in [3.63, 3.8) is 0 Å². The van der Waals surface area contributed by atoms with Gasteiger partial charge in [0.1, 0.15) is 12.4 Å². The Morgan fingerprint density at radius 2 is 2.00 bits per heavy atom. The van der Waals surface area contributed by atoms with Crippen LogP contribution in [0.15, 0.2) is 18.2 Å². The maximum absolute atomic E-state index is 12.8. The Hall–Kier alpha value is -1.91. The molecule has 0 saturated carbocycles. The minimum atomic E-state index is -4.78.